The van der Waals surface area contributed by atoms with Crippen molar-refractivity contribution in [3.05, 3.63) is 57.8 Å². The monoisotopic (exact) mass is 285 g/mol. The van der Waals surface area contributed by atoms with E-state index >= 15 is 0 Å². The maximum absolute atomic E-state index is 12.4. The third kappa shape index (κ3) is 3.81. The lowest BCUT2D eigenvalue weighted by molar-refractivity contribution is -0.137. The van der Waals surface area contributed by atoms with Gasteiger partial charge in [-0.15, -0.1) is 0 Å². The van der Waals surface area contributed by atoms with Crippen LogP contribution in [0, 0.1) is 0 Å². The minimum atomic E-state index is -4.27. The second-order valence-corrected chi connectivity index (χ2v) is 5.13. The Bertz CT molecular complexity index is 502. The highest BCUT2D eigenvalue weighted by molar-refractivity contribution is 7.07. The number of hydrogen-bond donors (Lipinski definition) is 1. The zero-order chi connectivity index (χ0) is 13.9. The molecule has 0 spiro atoms. The Kier molecular flexibility index (Phi) is 4.27. The van der Waals surface area contributed by atoms with Crippen LogP contribution in [0.4, 0.5) is 13.2 Å². The fourth-order valence-corrected chi connectivity index (χ4v) is 2.48. The van der Waals surface area contributed by atoms with Gasteiger partial charge in [-0.2, -0.15) is 24.5 Å². The first kappa shape index (κ1) is 14.1. The Labute approximate surface area is 114 Å². The van der Waals surface area contributed by atoms with Crippen molar-refractivity contribution in [3.63, 3.8) is 0 Å². The number of halogens is 3. The summed E-state index contributed by atoms with van der Waals surface area (Å²) < 4.78 is 37.2. The lowest BCUT2D eigenvalue weighted by Gasteiger charge is -2.13. The van der Waals surface area contributed by atoms with Gasteiger partial charge in [0, 0.05) is 12.6 Å². The summed E-state index contributed by atoms with van der Waals surface area (Å²) in [4.78, 5) is 0. The van der Waals surface area contributed by atoms with Crippen molar-refractivity contribution in [1.29, 1.82) is 0 Å². The Morgan fingerprint density at radius 3 is 2.37 bits per heavy atom. The SMILES string of the molecule is CC(NCc1ccc(C(F)(F)F)cc1)c1ccsc1. The second kappa shape index (κ2) is 5.75. The van der Waals surface area contributed by atoms with Gasteiger partial charge in [0.25, 0.3) is 0 Å². The van der Waals surface area contributed by atoms with Crippen molar-refractivity contribution in [3.8, 4) is 0 Å². The van der Waals surface area contributed by atoms with E-state index < -0.39 is 11.7 Å². The van der Waals surface area contributed by atoms with E-state index in [9.17, 15) is 13.2 Å². The maximum atomic E-state index is 12.4. The molecule has 1 N–H and O–H groups in total. The van der Waals surface area contributed by atoms with E-state index in [-0.39, 0.29) is 6.04 Å². The number of alkyl halides is 3. The van der Waals surface area contributed by atoms with Crippen LogP contribution in [0.2, 0.25) is 0 Å². The molecule has 5 heteroatoms. The molecule has 0 fully saturated rings. The summed E-state index contributed by atoms with van der Waals surface area (Å²) in [5.41, 5.74) is 1.43. The number of rotatable bonds is 4. The van der Waals surface area contributed by atoms with Crippen molar-refractivity contribution >= 4 is 11.3 Å². The number of hydrogen-bond acceptors (Lipinski definition) is 2. The molecule has 1 nitrogen and oxygen atoms in total. The third-order valence-corrected chi connectivity index (χ3v) is 3.64. The van der Waals surface area contributed by atoms with Gasteiger partial charge < -0.3 is 5.32 Å². The zero-order valence-electron chi connectivity index (χ0n) is 10.4. The Balaban J connectivity index is 1.93. The molecular weight excluding hydrogens is 271 g/mol. The predicted molar refractivity (Wildman–Crippen MR) is 71.0 cm³/mol. The van der Waals surface area contributed by atoms with Crippen molar-refractivity contribution in [1.82, 2.24) is 5.32 Å². The molecule has 0 bridgehead atoms. The van der Waals surface area contributed by atoms with Crippen LogP contribution in [0.25, 0.3) is 0 Å². The predicted octanol–water partition coefficient (Wildman–Crippen LogP) is 4.62. The summed E-state index contributed by atoms with van der Waals surface area (Å²) in [5.74, 6) is 0. The number of thiophene rings is 1. The summed E-state index contributed by atoms with van der Waals surface area (Å²) in [7, 11) is 0. The molecule has 0 saturated heterocycles. The van der Waals surface area contributed by atoms with E-state index in [2.05, 4.69) is 10.7 Å². The highest BCUT2D eigenvalue weighted by Crippen LogP contribution is 2.29. The molecular formula is C14H14F3NS. The van der Waals surface area contributed by atoms with Crippen molar-refractivity contribution in [2.75, 3.05) is 0 Å². The van der Waals surface area contributed by atoms with Crippen LogP contribution in [0.1, 0.15) is 29.7 Å². The summed E-state index contributed by atoms with van der Waals surface area (Å²) in [6, 6.07) is 7.48. The first-order valence-corrected chi connectivity index (χ1v) is 6.83. The smallest absolute Gasteiger partial charge is 0.306 e. The van der Waals surface area contributed by atoms with Crippen LogP contribution in [0.3, 0.4) is 0 Å². The Morgan fingerprint density at radius 1 is 1.16 bits per heavy atom. The molecule has 2 aromatic rings. The van der Waals surface area contributed by atoms with E-state index in [0.717, 1.165) is 17.7 Å². The first-order chi connectivity index (χ1) is 8.97. The largest absolute Gasteiger partial charge is 0.416 e. The molecule has 1 aromatic carbocycles. The minimum Gasteiger partial charge on any atom is -0.306 e. The summed E-state index contributed by atoms with van der Waals surface area (Å²) >= 11 is 1.63. The normalized spacial score (nSPS) is 13.5. The summed E-state index contributed by atoms with van der Waals surface area (Å²) in [6.45, 7) is 2.58. The number of nitrogens with one attached hydrogen (secondary N) is 1. The average Bonchev–Trinajstić information content (AvgIpc) is 2.89. The van der Waals surface area contributed by atoms with Gasteiger partial charge in [-0.3, -0.25) is 0 Å². The summed E-state index contributed by atoms with van der Waals surface area (Å²) in [5, 5.41) is 7.35. The van der Waals surface area contributed by atoms with E-state index in [0.29, 0.717) is 6.54 Å². The van der Waals surface area contributed by atoms with E-state index in [1.165, 1.54) is 17.7 Å². The third-order valence-electron chi connectivity index (χ3n) is 2.94. The van der Waals surface area contributed by atoms with Crippen molar-refractivity contribution in [2.24, 2.45) is 0 Å². The van der Waals surface area contributed by atoms with Crippen molar-refractivity contribution in [2.45, 2.75) is 25.7 Å². The second-order valence-electron chi connectivity index (χ2n) is 4.35. The van der Waals surface area contributed by atoms with Crippen LogP contribution in [0.15, 0.2) is 41.1 Å². The highest BCUT2D eigenvalue weighted by atomic mass is 32.1. The molecule has 1 unspecified atom stereocenters. The minimum absolute atomic E-state index is 0.188. The molecule has 0 amide bonds. The van der Waals surface area contributed by atoms with Gasteiger partial charge in [0.15, 0.2) is 0 Å². The first-order valence-electron chi connectivity index (χ1n) is 5.88. The topological polar surface area (TPSA) is 12.0 Å². The van der Waals surface area contributed by atoms with Crippen LogP contribution >= 0.6 is 11.3 Å². The van der Waals surface area contributed by atoms with Crippen LogP contribution in [-0.4, -0.2) is 0 Å². The molecule has 1 heterocycles. The van der Waals surface area contributed by atoms with Gasteiger partial charge in [0.1, 0.15) is 0 Å². The van der Waals surface area contributed by atoms with E-state index in [1.807, 2.05) is 18.4 Å². The fourth-order valence-electron chi connectivity index (χ4n) is 1.72. The molecule has 0 aliphatic heterocycles. The van der Waals surface area contributed by atoms with Gasteiger partial charge >= 0.3 is 6.18 Å². The molecule has 0 aliphatic carbocycles. The molecule has 1 atom stereocenters. The molecule has 102 valence electrons. The molecule has 0 saturated carbocycles. The maximum Gasteiger partial charge on any atom is 0.416 e. The van der Waals surface area contributed by atoms with Gasteiger partial charge in [0.05, 0.1) is 5.56 Å². The summed E-state index contributed by atoms with van der Waals surface area (Å²) in [6.07, 6.45) is -4.27. The fraction of sp³-hybridized carbons (Fsp3) is 0.286. The highest BCUT2D eigenvalue weighted by Gasteiger charge is 2.29. The van der Waals surface area contributed by atoms with Gasteiger partial charge in [-0.25, -0.2) is 0 Å². The Hall–Kier alpha value is -1.33. The van der Waals surface area contributed by atoms with Crippen LogP contribution in [0.5, 0.6) is 0 Å². The molecule has 0 radical (unpaired) electrons. The van der Waals surface area contributed by atoms with E-state index in [4.69, 9.17) is 0 Å². The number of benzene rings is 1. The van der Waals surface area contributed by atoms with Crippen molar-refractivity contribution < 1.29 is 13.2 Å². The van der Waals surface area contributed by atoms with Gasteiger partial charge in [0.2, 0.25) is 0 Å². The van der Waals surface area contributed by atoms with E-state index in [1.54, 1.807) is 11.3 Å². The molecule has 2 rings (SSSR count). The molecule has 0 aliphatic rings. The molecule has 19 heavy (non-hydrogen) atoms. The molecule has 1 aromatic heterocycles. The van der Waals surface area contributed by atoms with Gasteiger partial charge in [-0.05, 0) is 47.0 Å². The zero-order valence-corrected chi connectivity index (χ0v) is 11.2. The van der Waals surface area contributed by atoms with Crippen LogP contribution in [-0.2, 0) is 12.7 Å². The lowest BCUT2D eigenvalue weighted by atomic mass is 10.1. The quantitative estimate of drug-likeness (QED) is 0.864. The average molecular weight is 285 g/mol. The lowest BCUT2D eigenvalue weighted by Crippen LogP contribution is -2.17. The van der Waals surface area contributed by atoms with Gasteiger partial charge in [-0.1, -0.05) is 12.1 Å². The van der Waals surface area contributed by atoms with Crippen LogP contribution < -0.4 is 5.32 Å². The standard InChI is InChI=1S/C14H14F3NS/c1-10(12-6-7-19-9-12)18-8-11-2-4-13(5-3-11)14(15,16)17/h2-7,9-10,18H,8H2,1H3. The Morgan fingerprint density at radius 2 is 1.84 bits per heavy atom.